The summed E-state index contributed by atoms with van der Waals surface area (Å²) in [5.74, 6) is -5.64. The first kappa shape index (κ1) is 73.7. The van der Waals surface area contributed by atoms with Gasteiger partial charge in [0.05, 0.1) is 23.9 Å². The van der Waals surface area contributed by atoms with E-state index in [0.717, 1.165) is 60.8 Å². The molecule has 2 amide bonds. The number of aliphatic hydroxyl groups is 1. The lowest BCUT2D eigenvalue weighted by molar-refractivity contribution is -0.255. The number of carbonyl (C=O) groups excluding carboxylic acids is 10. The standard InChI is InChI=1S/C25H40N2O12S.C15H19NO9S.C10H21NO3/c1-9-10-17(26-23(32)39-25(6,7)8)11-34-24(40)27-22-21(37-16(5)31)20(36-15(4)30)19(35-14(3)29)18(38-22)12-33-13(2)28;1-7(17)21-5-11-12(22-8(2)18)13(23-9(3)19)14(24-10(4)20)15(25-11)16-6-26;1-5-6-8(7-12)11-9(13)14-10(2,3)4/h17-22H,9-12H2,1-8H3,(H,26,32)(H,27,40);11-15H,5H2,1-4H3;8,12H,5-7H2,1-4H3,(H,11,13). The third-order valence-electron chi connectivity index (χ3n) is 9.75. The van der Waals surface area contributed by atoms with Gasteiger partial charge >= 0.3 is 59.9 Å². The van der Waals surface area contributed by atoms with Crippen LogP contribution >= 0.6 is 24.4 Å². The van der Waals surface area contributed by atoms with Crippen LogP contribution in [0.2, 0.25) is 0 Å². The van der Waals surface area contributed by atoms with Crippen LogP contribution in [0.1, 0.15) is 136 Å². The minimum atomic E-state index is -1.36. The summed E-state index contributed by atoms with van der Waals surface area (Å²) in [4.78, 5) is 120. The number of nitrogens with one attached hydrogen (secondary N) is 3. The average molecular weight is 1190 g/mol. The molecule has 2 aliphatic rings. The molecule has 0 aliphatic carbocycles. The van der Waals surface area contributed by atoms with Crippen LogP contribution in [-0.4, -0.2) is 186 Å². The van der Waals surface area contributed by atoms with Gasteiger partial charge in [0.25, 0.3) is 5.17 Å². The average Bonchev–Trinajstić information content (AvgIpc) is 3.29. The predicted octanol–water partition coefficient (Wildman–Crippen LogP) is 3.50. The van der Waals surface area contributed by atoms with Gasteiger partial charge in [-0.25, -0.2) is 9.59 Å². The highest BCUT2D eigenvalue weighted by Gasteiger charge is 2.54. The van der Waals surface area contributed by atoms with Crippen molar-refractivity contribution in [3.8, 4) is 0 Å². The van der Waals surface area contributed by atoms with E-state index in [4.69, 9.17) is 78.9 Å². The molecule has 0 aromatic rings. The molecule has 30 heteroatoms. The predicted molar refractivity (Wildman–Crippen MR) is 284 cm³/mol. The number of isothiocyanates is 1. The minimum absolute atomic E-state index is 0.0375. The maximum absolute atomic E-state index is 12.2. The van der Waals surface area contributed by atoms with Gasteiger partial charge in [0.1, 0.15) is 43.2 Å². The molecule has 12 unspecified atom stereocenters. The van der Waals surface area contributed by atoms with Gasteiger partial charge in [-0.3, -0.25) is 38.4 Å². The highest BCUT2D eigenvalue weighted by molar-refractivity contribution is 7.80. The molecular formula is C50H80N4O24S2. The zero-order chi connectivity index (χ0) is 61.7. The highest BCUT2D eigenvalue weighted by atomic mass is 32.1. The monoisotopic (exact) mass is 1180 g/mol. The lowest BCUT2D eigenvalue weighted by Gasteiger charge is -2.44. The first-order valence-electron chi connectivity index (χ1n) is 25.3. The van der Waals surface area contributed by atoms with Gasteiger partial charge in [0.2, 0.25) is 0 Å². The minimum Gasteiger partial charge on any atom is -0.469 e. The fraction of sp³-hybridized carbons (Fsp3) is 0.760. The number of ether oxygens (including phenoxy) is 13. The molecule has 12 atom stereocenters. The lowest BCUT2D eigenvalue weighted by atomic mass is 9.97. The Kier molecular flexibility index (Phi) is 33.9. The Hall–Kier alpha value is -6.33. The summed E-state index contributed by atoms with van der Waals surface area (Å²) in [6.45, 7) is 22.9. The van der Waals surface area contributed by atoms with Gasteiger partial charge in [0.15, 0.2) is 49.1 Å². The van der Waals surface area contributed by atoms with Crippen LogP contribution in [0.5, 0.6) is 0 Å². The molecule has 0 bridgehead atoms. The molecule has 2 saturated heterocycles. The van der Waals surface area contributed by atoms with E-state index < -0.39 is 138 Å². The van der Waals surface area contributed by atoms with Crippen LogP contribution in [-0.2, 0) is 99.9 Å². The summed E-state index contributed by atoms with van der Waals surface area (Å²) >= 11 is 9.85. The summed E-state index contributed by atoms with van der Waals surface area (Å²) in [6, 6.07) is -0.648. The number of esters is 8. The zero-order valence-corrected chi connectivity index (χ0v) is 49.8. The Morgan fingerprint density at radius 1 is 0.537 bits per heavy atom. The summed E-state index contributed by atoms with van der Waals surface area (Å²) in [5.41, 5.74) is -1.18. The SMILES string of the molecule is CC(=O)OCC1OC(N=C=S)C(OC(C)=O)C(OC(C)=O)C1OC(C)=O.CCCC(CO)NC(=O)OC(C)(C)C.CCCC(COC(=S)NC1OC(COC(C)=O)C(OC(C)=O)C(OC(C)=O)C1OC(C)=O)NC(=O)OC(C)(C)C. The topological polar surface area (TPSA) is 359 Å². The van der Waals surface area contributed by atoms with Crippen molar-refractivity contribution in [3.63, 3.8) is 0 Å². The molecule has 28 nitrogen and oxygen atoms in total. The van der Waals surface area contributed by atoms with Crippen molar-refractivity contribution in [1.82, 2.24) is 16.0 Å². The fourth-order valence-corrected chi connectivity index (χ4v) is 7.38. The van der Waals surface area contributed by atoms with Crippen molar-refractivity contribution in [2.24, 2.45) is 4.99 Å². The van der Waals surface area contributed by atoms with Crippen molar-refractivity contribution < 1.29 is 115 Å². The molecule has 0 aromatic carbocycles. The molecule has 4 N–H and O–H groups in total. The van der Waals surface area contributed by atoms with E-state index in [0.29, 0.717) is 6.42 Å². The first-order valence-corrected chi connectivity index (χ1v) is 26.1. The molecule has 0 aromatic heterocycles. The van der Waals surface area contributed by atoms with Crippen LogP contribution in [0.15, 0.2) is 4.99 Å². The largest absolute Gasteiger partial charge is 0.469 e. The molecular weight excluding hydrogens is 1100 g/mol. The molecule has 456 valence electrons. The molecule has 2 heterocycles. The number of hydrogen-bond donors (Lipinski definition) is 4. The van der Waals surface area contributed by atoms with E-state index in [1.807, 2.05) is 13.8 Å². The number of hydrogen-bond acceptors (Lipinski definition) is 27. The van der Waals surface area contributed by atoms with Gasteiger partial charge < -0.3 is 82.6 Å². The number of alkyl carbamates (subject to hydrolysis) is 2. The Bertz CT molecular complexity index is 2130. The third-order valence-corrected chi connectivity index (χ3v) is 10.1. The number of aliphatic imine (C=N–C) groups is 1. The highest BCUT2D eigenvalue weighted by Crippen LogP contribution is 2.31. The van der Waals surface area contributed by atoms with E-state index in [1.165, 1.54) is 13.8 Å². The Morgan fingerprint density at radius 2 is 0.900 bits per heavy atom. The number of rotatable bonds is 21. The van der Waals surface area contributed by atoms with Crippen molar-refractivity contribution in [2.45, 2.75) is 221 Å². The zero-order valence-electron chi connectivity index (χ0n) is 48.2. The fourth-order valence-electron chi connectivity index (χ4n) is 7.09. The number of nitrogens with zero attached hydrogens (tertiary/aromatic N) is 1. The van der Waals surface area contributed by atoms with Crippen LogP contribution in [0.4, 0.5) is 9.59 Å². The molecule has 2 fully saturated rings. The van der Waals surface area contributed by atoms with E-state index >= 15 is 0 Å². The maximum Gasteiger partial charge on any atom is 0.407 e. The van der Waals surface area contributed by atoms with Gasteiger partial charge in [-0.1, -0.05) is 26.7 Å². The molecule has 0 spiro atoms. The second-order valence-corrected chi connectivity index (χ2v) is 20.2. The van der Waals surface area contributed by atoms with Gasteiger partial charge in [0, 0.05) is 55.4 Å². The summed E-state index contributed by atoms with van der Waals surface area (Å²) in [6.07, 6.45) is -10.5. The Morgan fingerprint density at radius 3 is 1.27 bits per heavy atom. The van der Waals surface area contributed by atoms with Gasteiger partial charge in [-0.2, -0.15) is 4.99 Å². The van der Waals surface area contributed by atoms with E-state index in [-0.39, 0.29) is 37.6 Å². The number of amides is 2. The normalized spacial score (nSPS) is 22.8. The number of aliphatic hydroxyl groups excluding tert-OH is 1. The van der Waals surface area contributed by atoms with E-state index in [2.05, 4.69) is 38.3 Å². The number of thiocarbonyl (C=S) groups is 2. The molecule has 2 rings (SSSR count). The van der Waals surface area contributed by atoms with Crippen molar-refractivity contribution in [3.05, 3.63) is 0 Å². The maximum atomic E-state index is 12.2. The van der Waals surface area contributed by atoms with Crippen LogP contribution < -0.4 is 16.0 Å². The summed E-state index contributed by atoms with van der Waals surface area (Å²) in [5, 5.41) is 18.9. The van der Waals surface area contributed by atoms with Gasteiger partial charge in [-0.05, 0) is 78.8 Å². The summed E-state index contributed by atoms with van der Waals surface area (Å²) in [7, 11) is 0. The lowest BCUT2D eigenvalue weighted by Crippen LogP contribution is -2.66. The molecule has 0 saturated carbocycles. The van der Waals surface area contributed by atoms with Crippen LogP contribution in [0.3, 0.4) is 0 Å². The van der Waals surface area contributed by atoms with E-state index in [9.17, 15) is 47.9 Å². The van der Waals surface area contributed by atoms with E-state index in [1.54, 1.807) is 41.5 Å². The van der Waals surface area contributed by atoms with Crippen molar-refractivity contribution in [2.75, 3.05) is 26.4 Å². The quantitative estimate of drug-likeness (QED) is 0.0553. The molecule has 2 aliphatic heterocycles. The van der Waals surface area contributed by atoms with Crippen LogP contribution in [0.25, 0.3) is 0 Å². The Labute approximate surface area is 476 Å². The smallest absolute Gasteiger partial charge is 0.407 e. The summed E-state index contributed by atoms with van der Waals surface area (Å²) < 4.78 is 69.0. The third kappa shape index (κ3) is 32.1. The number of carbonyl (C=O) groups is 10. The second kappa shape index (κ2) is 36.8. The van der Waals surface area contributed by atoms with Crippen LogP contribution in [0, 0.1) is 0 Å². The van der Waals surface area contributed by atoms with Crippen molar-refractivity contribution in [1.29, 1.82) is 0 Å². The van der Waals surface area contributed by atoms with Crippen molar-refractivity contribution >= 4 is 94.7 Å². The van der Waals surface area contributed by atoms with Gasteiger partial charge in [-0.15, -0.1) is 0 Å². The Balaban J connectivity index is 0.00000133. The molecule has 80 heavy (non-hydrogen) atoms. The first-order chi connectivity index (χ1) is 37.1. The second-order valence-electron chi connectivity index (χ2n) is 19.6. The molecule has 0 radical (unpaired) electrons.